The number of aromatic hydroxyl groups is 2. The molecule has 1 aromatic carbocycles. The fourth-order valence-corrected chi connectivity index (χ4v) is 3.72. The number of nitrogens with one attached hydrogen (secondary N) is 1. The third-order valence-corrected chi connectivity index (χ3v) is 4.94. The van der Waals surface area contributed by atoms with Crippen molar-refractivity contribution >= 4 is 11.6 Å². The maximum absolute atomic E-state index is 9.67. The molecule has 3 N–H and O–H groups in total. The Kier molecular flexibility index (Phi) is 3.96. The Bertz CT molecular complexity index is 597. The highest BCUT2D eigenvalue weighted by molar-refractivity contribution is 6.31. The lowest BCUT2D eigenvalue weighted by molar-refractivity contribution is 0.223. The number of phenols is 2. The zero-order valence-electron chi connectivity index (χ0n) is 11.8. The lowest BCUT2D eigenvalue weighted by atomic mass is 9.72. The van der Waals surface area contributed by atoms with E-state index < -0.39 is 0 Å². The molecule has 0 aromatic heterocycles. The molecule has 0 amide bonds. The highest BCUT2D eigenvalue weighted by Crippen LogP contribution is 2.37. The maximum atomic E-state index is 9.67. The van der Waals surface area contributed by atoms with Gasteiger partial charge in [-0.3, -0.25) is 0 Å². The van der Waals surface area contributed by atoms with Crippen LogP contribution in [-0.2, 0) is 6.42 Å². The van der Waals surface area contributed by atoms with E-state index in [1.54, 1.807) is 6.07 Å². The Labute approximate surface area is 129 Å². The van der Waals surface area contributed by atoms with E-state index in [0.717, 1.165) is 24.9 Å². The van der Waals surface area contributed by atoms with Crippen LogP contribution >= 0.6 is 11.6 Å². The number of rotatable bonds is 2. The van der Waals surface area contributed by atoms with Crippen LogP contribution in [0.4, 0.5) is 0 Å². The van der Waals surface area contributed by atoms with Gasteiger partial charge in [-0.05, 0) is 49.3 Å². The fourth-order valence-electron chi connectivity index (χ4n) is 3.49. The zero-order valence-corrected chi connectivity index (χ0v) is 12.6. The second-order valence-corrected chi connectivity index (χ2v) is 6.45. The van der Waals surface area contributed by atoms with Crippen LogP contribution in [0.1, 0.15) is 18.4 Å². The summed E-state index contributed by atoms with van der Waals surface area (Å²) in [5, 5.41) is 23.2. The molecule has 3 atom stereocenters. The number of fused-ring (bicyclic) bond motifs is 1. The van der Waals surface area contributed by atoms with Crippen LogP contribution in [-0.4, -0.2) is 22.8 Å². The van der Waals surface area contributed by atoms with Crippen LogP contribution in [0, 0.1) is 11.8 Å². The quantitative estimate of drug-likeness (QED) is 0.734. The number of hydrogen-bond donors (Lipinski definition) is 3. The summed E-state index contributed by atoms with van der Waals surface area (Å²) < 4.78 is 0. The Morgan fingerprint density at radius 3 is 2.86 bits per heavy atom. The van der Waals surface area contributed by atoms with Crippen molar-refractivity contribution in [1.82, 2.24) is 5.32 Å². The Hall–Kier alpha value is -1.45. The summed E-state index contributed by atoms with van der Waals surface area (Å²) in [6, 6.07) is 3.27. The first-order chi connectivity index (χ1) is 10.0. The molecule has 0 saturated carbocycles. The molecule has 1 aromatic rings. The summed E-state index contributed by atoms with van der Waals surface area (Å²) in [6.07, 6.45) is 7.34. The van der Waals surface area contributed by atoms with Crippen molar-refractivity contribution in [2.45, 2.75) is 25.3 Å². The van der Waals surface area contributed by atoms with Crippen LogP contribution < -0.4 is 5.32 Å². The summed E-state index contributed by atoms with van der Waals surface area (Å²) in [4.78, 5) is 0. The lowest BCUT2D eigenvalue weighted by Gasteiger charge is -2.40. The molecule has 1 heterocycles. The van der Waals surface area contributed by atoms with E-state index in [1.807, 2.05) is 0 Å². The molecular weight excluding hydrogens is 286 g/mol. The number of phenolic OH excluding ortho intramolecular Hbond substituents is 2. The summed E-state index contributed by atoms with van der Waals surface area (Å²) >= 11 is 6.19. The van der Waals surface area contributed by atoms with E-state index in [-0.39, 0.29) is 11.5 Å². The smallest absolute Gasteiger partial charge is 0.158 e. The molecular formula is C17H20ClNO2. The van der Waals surface area contributed by atoms with E-state index >= 15 is 0 Å². The van der Waals surface area contributed by atoms with Crippen molar-refractivity contribution < 1.29 is 10.2 Å². The third-order valence-electron chi connectivity index (χ3n) is 4.59. The highest BCUT2D eigenvalue weighted by Gasteiger charge is 2.33. The molecule has 21 heavy (non-hydrogen) atoms. The van der Waals surface area contributed by atoms with Gasteiger partial charge >= 0.3 is 0 Å². The number of hydrogen-bond acceptors (Lipinski definition) is 3. The predicted molar refractivity (Wildman–Crippen MR) is 84.8 cm³/mol. The van der Waals surface area contributed by atoms with Gasteiger partial charge in [0.1, 0.15) is 0 Å². The van der Waals surface area contributed by atoms with E-state index in [2.05, 4.69) is 24.0 Å². The molecule has 4 heteroatoms. The first kappa shape index (κ1) is 14.5. The molecule has 3 rings (SSSR count). The average Bonchev–Trinajstić information content (AvgIpc) is 2.44. The van der Waals surface area contributed by atoms with Crippen molar-refractivity contribution in [2.75, 3.05) is 6.54 Å². The summed E-state index contributed by atoms with van der Waals surface area (Å²) in [5.41, 5.74) is 2.07. The molecule has 112 valence electrons. The van der Waals surface area contributed by atoms with E-state index in [4.69, 9.17) is 11.6 Å². The molecule has 3 unspecified atom stereocenters. The second-order valence-electron chi connectivity index (χ2n) is 6.04. The second kappa shape index (κ2) is 5.74. The SMILES string of the molecule is C=C1C=CC2C(CCNC2Cc2cc(O)c(O)cc2Cl)C1. The van der Waals surface area contributed by atoms with Crippen molar-refractivity contribution in [2.24, 2.45) is 11.8 Å². The average molecular weight is 306 g/mol. The first-order valence-electron chi connectivity index (χ1n) is 7.34. The standard InChI is InChI=1S/C17H20ClNO2/c1-10-2-3-13-11(6-10)4-5-19-15(13)7-12-8-16(20)17(21)9-14(12)18/h2-3,8-9,11,13,15,19-21H,1,4-7H2. The van der Waals surface area contributed by atoms with Gasteiger partial charge in [-0.2, -0.15) is 0 Å². The molecule has 3 nitrogen and oxygen atoms in total. The van der Waals surface area contributed by atoms with Gasteiger partial charge in [-0.15, -0.1) is 0 Å². The van der Waals surface area contributed by atoms with Crippen molar-refractivity contribution in [1.29, 1.82) is 0 Å². The predicted octanol–water partition coefficient (Wildman–Crippen LogP) is 3.40. The van der Waals surface area contributed by atoms with Crippen LogP contribution in [0.15, 0.2) is 36.4 Å². The molecule has 1 saturated heterocycles. The fraction of sp³-hybridized carbons (Fsp3) is 0.412. The summed E-state index contributed by atoms with van der Waals surface area (Å²) in [5.74, 6) is 0.816. The van der Waals surface area contributed by atoms with Gasteiger partial charge in [-0.25, -0.2) is 0 Å². The number of piperidine rings is 1. The molecule has 0 radical (unpaired) electrons. The number of benzene rings is 1. The van der Waals surface area contributed by atoms with Crippen molar-refractivity contribution in [3.63, 3.8) is 0 Å². The molecule has 0 bridgehead atoms. The van der Waals surface area contributed by atoms with Crippen LogP contribution in [0.5, 0.6) is 11.5 Å². The monoisotopic (exact) mass is 305 g/mol. The van der Waals surface area contributed by atoms with Gasteiger partial charge in [0.25, 0.3) is 0 Å². The third kappa shape index (κ3) is 2.94. The van der Waals surface area contributed by atoms with Gasteiger partial charge in [0.05, 0.1) is 0 Å². The van der Waals surface area contributed by atoms with Gasteiger partial charge in [0.2, 0.25) is 0 Å². The normalized spacial score (nSPS) is 28.4. The minimum absolute atomic E-state index is 0.116. The Morgan fingerprint density at radius 1 is 1.29 bits per heavy atom. The van der Waals surface area contributed by atoms with E-state index in [0.29, 0.717) is 22.9 Å². The van der Waals surface area contributed by atoms with E-state index in [9.17, 15) is 10.2 Å². The lowest BCUT2D eigenvalue weighted by Crippen LogP contribution is -2.47. The minimum Gasteiger partial charge on any atom is -0.504 e. The molecule has 2 aliphatic rings. The topological polar surface area (TPSA) is 52.5 Å². The Balaban J connectivity index is 1.82. The number of allylic oxidation sites excluding steroid dienone is 2. The van der Waals surface area contributed by atoms with Gasteiger partial charge in [0.15, 0.2) is 11.5 Å². The molecule has 1 aliphatic carbocycles. The van der Waals surface area contributed by atoms with Gasteiger partial charge < -0.3 is 15.5 Å². The highest BCUT2D eigenvalue weighted by atomic mass is 35.5. The van der Waals surface area contributed by atoms with Crippen molar-refractivity contribution in [3.05, 3.63) is 47.0 Å². The van der Waals surface area contributed by atoms with Crippen LogP contribution in [0.2, 0.25) is 5.02 Å². The molecule has 0 spiro atoms. The number of halogens is 1. The first-order valence-corrected chi connectivity index (χ1v) is 7.72. The summed E-state index contributed by atoms with van der Waals surface area (Å²) in [7, 11) is 0. The van der Waals surface area contributed by atoms with Gasteiger partial charge in [-0.1, -0.05) is 35.9 Å². The van der Waals surface area contributed by atoms with Crippen LogP contribution in [0.25, 0.3) is 0 Å². The van der Waals surface area contributed by atoms with Crippen LogP contribution in [0.3, 0.4) is 0 Å². The summed E-state index contributed by atoms with van der Waals surface area (Å²) in [6.45, 7) is 5.06. The minimum atomic E-state index is -0.174. The van der Waals surface area contributed by atoms with Gasteiger partial charge in [0, 0.05) is 17.1 Å². The van der Waals surface area contributed by atoms with Crippen molar-refractivity contribution in [3.8, 4) is 11.5 Å². The molecule has 1 aliphatic heterocycles. The Morgan fingerprint density at radius 2 is 2.05 bits per heavy atom. The maximum Gasteiger partial charge on any atom is 0.158 e. The largest absolute Gasteiger partial charge is 0.504 e. The zero-order chi connectivity index (χ0) is 15.0. The molecule has 1 fully saturated rings. The van der Waals surface area contributed by atoms with E-state index in [1.165, 1.54) is 18.1 Å².